The smallest absolute Gasteiger partial charge is 0.228 e. The molecule has 0 saturated heterocycles. The highest BCUT2D eigenvalue weighted by Crippen LogP contribution is 2.23. The molecular formula is C9H13ClN2OS. The molecule has 1 atom stereocenters. The van der Waals surface area contributed by atoms with Crippen LogP contribution in [0.4, 0.5) is 5.13 Å². The topological polar surface area (TPSA) is 42.0 Å². The van der Waals surface area contributed by atoms with Gasteiger partial charge in [0.05, 0.1) is 6.20 Å². The Balaban J connectivity index is 2.48. The van der Waals surface area contributed by atoms with E-state index in [1.54, 1.807) is 0 Å². The molecule has 0 aromatic carbocycles. The summed E-state index contributed by atoms with van der Waals surface area (Å²) in [5.41, 5.74) is 0. The molecule has 78 valence electrons. The number of nitrogens with zero attached hydrogens (tertiary/aromatic N) is 1. The first-order valence-corrected chi connectivity index (χ1v) is 5.75. The Hall–Kier alpha value is -0.610. The van der Waals surface area contributed by atoms with Gasteiger partial charge in [-0.1, -0.05) is 43.2 Å². The molecule has 0 aliphatic rings. The molecule has 1 unspecified atom stereocenters. The van der Waals surface area contributed by atoms with Gasteiger partial charge < -0.3 is 5.32 Å². The third-order valence-electron chi connectivity index (χ3n) is 1.88. The molecule has 0 bridgehead atoms. The van der Waals surface area contributed by atoms with Gasteiger partial charge in [0.2, 0.25) is 5.91 Å². The minimum Gasteiger partial charge on any atom is -0.302 e. The van der Waals surface area contributed by atoms with E-state index in [1.807, 2.05) is 6.92 Å². The van der Waals surface area contributed by atoms with Gasteiger partial charge in [0.1, 0.15) is 4.34 Å². The lowest BCUT2D eigenvalue weighted by atomic mass is 10.1. The molecule has 1 aromatic heterocycles. The third kappa shape index (κ3) is 3.27. The van der Waals surface area contributed by atoms with E-state index in [9.17, 15) is 4.79 Å². The van der Waals surface area contributed by atoms with Gasteiger partial charge in [-0.3, -0.25) is 4.79 Å². The summed E-state index contributed by atoms with van der Waals surface area (Å²) in [7, 11) is 0. The first-order chi connectivity index (χ1) is 6.63. The first kappa shape index (κ1) is 11.5. The van der Waals surface area contributed by atoms with Crippen molar-refractivity contribution in [2.24, 2.45) is 5.92 Å². The van der Waals surface area contributed by atoms with Gasteiger partial charge in [0.15, 0.2) is 5.13 Å². The second-order valence-corrected chi connectivity index (χ2v) is 4.81. The van der Waals surface area contributed by atoms with Crippen LogP contribution < -0.4 is 5.32 Å². The normalized spacial score (nSPS) is 12.5. The third-order valence-corrected chi connectivity index (χ3v) is 2.91. The van der Waals surface area contributed by atoms with Crippen LogP contribution in [-0.4, -0.2) is 10.9 Å². The molecule has 1 rings (SSSR count). The van der Waals surface area contributed by atoms with Gasteiger partial charge in [-0.05, 0) is 6.42 Å². The van der Waals surface area contributed by atoms with E-state index in [2.05, 4.69) is 17.2 Å². The highest BCUT2D eigenvalue weighted by molar-refractivity contribution is 7.19. The summed E-state index contributed by atoms with van der Waals surface area (Å²) in [6, 6.07) is 0. The lowest BCUT2D eigenvalue weighted by molar-refractivity contribution is -0.119. The molecular weight excluding hydrogens is 220 g/mol. The number of hydrogen-bond donors (Lipinski definition) is 1. The second-order valence-electron chi connectivity index (χ2n) is 3.15. The van der Waals surface area contributed by atoms with Crippen LogP contribution in [0.2, 0.25) is 4.34 Å². The molecule has 1 heterocycles. The van der Waals surface area contributed by atoms with Crippen molar-refractivity contribution in [3.05, 3.63) is 10.5 Å². The Morgan fingerprint density at radius 3 is 3.00 bits per heavy atom. The molecule has 0 radical (unpaired) electrons. The minimum atomic E-state index is 0.0119. The van der Waals surface area contributed by atoms with E-state index in [-0.39, 0.29) is 11.8 Å². The van der Waals surface area contributed by atoms with Crippen LogP contribution in [0.25, 0.3) is 0 Å². The fourth-order valence-corrected chi connectivity index (χ4v) is 1.92. The van der Waals surface area contributed by atoms with Gasteiger partial charge >= 0.3 is 0 Å². The van der Waals surface area contributed by atoms with E-state index in [0.29, 0.717) is 9.47 Å². The van der Waals surface area contributed by atoms with Gasteiger partial charge in [0.25, 0.3) is 0 Å². The van der Waals surface area contributed by atoms with Crippen LogP contribution in [-0.2, 0) is 4.79 Å². The van der Waals surface area contributed by atoms with Crippen molar-refractivity contribution in [1.82, 2.24) is 4.98 Å². The Bertz CT molecular complexity index is 314. The number of halogens is 1. The molecule has 1 aromatic rings. The van der Waals surface area contributed by atoms with Crippen LogP contribution >= 0.6 is 22.9 Å². The van der Waals surface area contributed by atoms with E-state index >= 15 is 0 Å². The fourth-order valence-electron chi connectivity index (χ4n) is 1.10. The number of amides is 1. The SMILES string of the molecule is CCCC(C)C(=O)Nc1ncc(Cl)s1. The van der Waals surface area contributed by atoms with Crippen molar-refractivity contribution in [3.8, 4) is 0 Å². The molecule has 3 nitrogen and oxygen atoms in total. The maximum atomic E-state index is 11.5. The lowest BCUT2D eigenvalue weighted by Crippen LogP contribution is -2.19. The van der Waals surface area contributed by atoms with E-state index in [1.165, 1.54) is 17.5 Å². The van der Waals surface area contributed by atoms with Crippen molar-refractivity contribution in [2.45, 2.75) is 26.7 Å². The van der Waals surface area contributed by atoms with Crippen molar-refractivity contribution in [1.29, 1.82) is 0 Å². The number of carbonyl (C=O) groups is 1. The van der Waals surface area contributed by atoms with Crippen molar-refractivity contribution >= 4 is 34.0 Å². The Kier molecular flexibility index (Phi) is 4.35. The number of anilines is 1. The average Bonchev–Trinajstić information content (AvgIpc) is 2.51. The summed E-state index contributed by atoms with van der Waals surface area (Å²) >= 11 is 6.96. The zero-order valence-corrected chi connectivity index (χ0v) is 9.78. The maximum Gasteiger partial charge on any atom is 0.228 e. The molecule has 0 fully saturated rings. The summed E-state index contributed by atoms with van der Waals surface area (Å²) in [6.45, 7) is 3.97. The van der Waals surface area contributed by atoms with E-state index in [0.717, 1.165) is 12.8 Å². The molecule has 0 spiro atoms. The lowest BCUT2D eigenvalue weighted by Gasteiger charge is -2.08. The summed E-state index contributed by atoms with van der Waals surface area (Å²) in [5.74, 6) is 0.0422. The largest absolute Gasteiger partial charge is 0.302 e. The number of hydrogen-bond acceptors (Lipinski definition) is 3. The number of thiazole rings is 1. The quantitative estimate of drug-likeness (QED) is 0.867. The summed E-state index contributed by atoms with van der Waals surface area (Å²) in [5, 5.41) is 3.30. The average molecular weight is 233 g/mol. The maximum absolute atomic E-state index is 11.5. The number of carbonyl (C=O) groups excluding carboxylic acids is 1. The summed E-state index contributed by atoms with van der Waals surface area (Å²) in [6.07, 6.45) is 3.43. The van der Waals surface area contributed by atoms with E-state index in [4.69, 9.17) is 11.6 Å². The van der Waals surface area contributed by atoms with Gasteiger partial charge in [-0.2, -0.15) is 0 Å². The van der Waals surface area contributed by atoms with Gasteiger partial charge in [-0.15, -0.1) is 0 Å². The van der Waals surface area contributed by atoms with Gasteiger partial charge in [0, 0.05) is 5.92 Å². The van der Waals surface area contributed by atoms with E-state index < -0.39 is 0 Å². The zero-order valence-electron chi connectivity index (χ0n) is 8.21. The standard InChI is InChI=1S/C9H13ClN2OS/c1-3-4-6(2)8(13)12-9-11-5-7(10)14-9/h5-6H,3-4H2,1-2H3,(H,11,12,13). The fraction of sp³-hybridized carbons (Fsp3) is 0.556. The van der Waals surface area contributed by atoms with Crippen LogP contribution in [0.15, 0.2) is 6.20 Å². The predicted octanol–water partition coefficient (Wildman–Crippen LogP) is 3.17. The Morgan fingerprint density at radius 2 is 2.50 bits per heavy atom. The summed E-state index contributed by atoms with van der Waals surface area (Å²) < 4.78 is 0.587. The molecule has 14 heavy (non-hydrogen) atoms. The van der Waals surface area contributed by atoms with Crippen LogP contribution in [0.1, 0.15) is 26.7 Å². The molecule has 0 aliphatic carbocycles. The molecule has 5 heteroatoms. The van der Waals surface area contributed by atoms with Crippen LogP contribution in [0.5, 0.6) is 0 Å². The molecule has 0 aliphatic heterocycles. The van der Waals surface area contributed by atoms with Crippen molar-refractivity contribution < 1.29 is 4.79 Å². The Labute approximate surface area is 92.5 Å². The zero-order chi connectivity index (χ0) is 10.6. The Morgan fingerprint density at radius 1 is 1.79 bits per heavy atom. The molecule has 1 N–H and O–H groups in total. The van der Waals surface area contributed by atoms with Gasteiger partial charge in [-0.25, -0.2) is 4.98 Å². The van der Waals surface area contributed by atoms with Crippen molar-refractivity contribution in [2.75, 3.05) is 5.32 Å². The summed E-state index contributed by atoms with van der Waals surface area (Å²) in [4.78, 5) is 15.5. The van der Waals surface area contributed by atoms with Crippen molar-refractivity contribution in [3.63, 3.8) is 0 Å². The monoisotopic (exact) mass is 232 g/mol. The second kappa shape index (κ2) is 5.32. The highest BCUT2D eigenvalue weighted by atomic mass is 35.5. The number of nitrogens with one attached hydrogen (secondary N) is 1. The molecule has 1 amide bonds. The number of aromatic nitrogens is 1. The van der Waals surface area contributed by atoms with Crippen LogP contribution in [0, 0.1) is 5.92 Å². The number of rotatable bonds is 4. The highest BCUT2D eigenvalue weighted by Gasteiger charge is 2.13. The molecule has 0 saturated carbocycles. The van der Waals surface area contributed by atoms with Crippen LogP contribution in [0.3, 0.4) is 0 Å². The minimum absolute atomic E-state index is 0.0119. The predicted molar refractivity (Wildman–Crippen MR) is 59.8 cm³/mol. The first-order valence-electron chi connectivity index (χ1n) is 4.55.